The van der Waals surface area contributed by atoms with Crippen molar-refractivity contribution in [2.45, 2.75) is 38.7 Å². The third-order valence-corrected chi connectivity index (χ3v) is 5.86. The first-order valence-corrected chi connectivity index (χ1v) is 11.6. The first kappa shape index (κ1) is 23.4. The van der Waals surface area contributed by atoms with E-state index in [0.717, 1.165) is 53.4 Å². The number of nitrogens with zero attached hydrogens (tertiary/aromatic N) is 1. The zero-order valence-electron chi connectivity index (χ0n) is 17.3. The number of aryl methyl sites for hydroxylation is 1. The van der Waals surface area contributed by atoms with Crippen molar-refractivity contribution in [3.63, 3.8) is 0 Å². The Morgan fingerprint density at radius 3 is 2.55 bits per heavy atom. The monoisotopic (exact) mass is 460 g/mol. The molecule has 1 aromatic heterocycles. The lowest BCUT2D eigenvalue weighted by Gasteiger charge is -2.06. The third-order valence-electron chi connectivity index (χ3n) is 4.71. The maximum Gasteiger partial charge on any atom is 0.246 e. The van der Waals surface area contributed by atoms with Crippen LogP contribution in [0.1, 0.15) is 41.1 Å². The summed E-state index contributed by atoms with van der Waals surface area (Å²) in [6.45, 7) is 0.936. The van der Waals surface area contributed by atoms with Crippen LogP contribution in [0.2, 0.25) is 5.02 Å². The Kier molecular flexibility index (Phi) is 9.46. The van der Waals surface area contributed by atoms with Gasteiger partial charge < -0.3 is 10.1 Å². The summed E-state index contributed by atoms with van der Waals surface area (Å²) < 4.78 is 18.2. The van der Waals surface area contributed by atoms with E-state index in [1.54, 1.807) is 23.5 Å². The van der Waals surface area contributed by atoms with Gasteiger partial charge in [-0.2, -0.15) is 0 Å². The number of thiazole rings is 1. The molecule has 0 aliphatic carbocycles. The molecule has 0 unspecified atom stereocenters. The number of unbranched alkanes of at least 4 members (excludes halogenated alkanes) is 2. The smallest absolute Gasteiger partial charge is 0.246 e. The summed E-state index contributed by atoms with van der Waals surface area (Å²) in [5.41, 5.74) is 3.18. The Hall–Kier alpha value is -2.28. The summed E-state index contributed by atoms with van der Waals surface area (Å²) >= 11 is 7.62. The van der Waals surface area contributed by atoms with Gasteiger partial charge in [-0.1, -0.05) is 42.3 Å². The van der Waals surface area contributed by atoms with Gasteiger partial charge in [0.2, 0.25) is 5.91 Å². The lowest BCUT2D eigenvalue weighted by atomic mass is 10.1. The normalized spacial score (nSPS) is 10.9. The number of ether oxygens (including phenoxy) is 1. The topological polar surface area (TPSA) is 51.2 Å². The van der Waals surface area contributed by atoms with Crippen molar-refractivity contribution in [3.05, 3.63) is 86.6 Å². The second-order valence-electron chi connectivity index (χ2n) is 7.32. The first-order chi connectivity index (χ1) is 15.1. The number of carbonyl (C=O) groups is 1. The van der Waals surface area contributed by atoms with Gasteiger partial charge in [0.15, 0.2) is 0 Å². The van der Waals surface area contributed by atoms with Crippen LogP contribution in [0, 0.1) is 5.82 Å². The third kappa shape index (κ3) is 8.77. The Labute approximate surface area is 191 Å². The fraction of sp³-hybridized carbons (Fsp3) is 0.333. The van der Waals surface area contributed by atoms with Crippen LogP contribution in [0.4, 0.5) is 4.39 Å². The summed E-state index contributed by atoms with van der Waals surface area (Å²) in [5, 5.41) is 6.86. The van der Waals surface area contributed by atoms with Gasteiger partial charge in [-0.05, 0) is 54.7 Å². The first-order valence-electron chi connectivity index (χ1n) is 10.3. The van der Waals surface area contributed by atoms with Gasteiger partial charge in [-0.15, -0.1) is 11.3 Å². The van der Waals surface area contributed by atoms with Gasteiger partial charge >= 0.3 is 0 Å². The molecule has 1 N–H and O–H groups in total. The maximum atomic E-state index is 12.8. The molecule has 0 radical (unpaired) electrons. The van der Waals surface area contributed by atoms with Gasteiger partial charge in [0.05, 0.1) is 17.3 Å². The molecule has 3 rings (SSSR count). The Balaban J connectivity index is 1.22. The molecule has 1 amide bonds. The van der Waals surface area contributed by atoms with Crippen molar-refractivity contribution in [1.29, 1.82) is 0 Å². The highest BCUT2D eigenvalue weighted by atomic mass is 35.5. The number of hydrogen-bond donors (Lipinski definition) is 1. The average molecular weight is 461 g/mol. The van der Waals surface area contributed by atoms with Crippen molar-refractivity contribution in [1.82, 2.24) is 10.3 Å². The van der Waals surface area contributed by atoms with Gasteiger partial charge in [0.1, 0.15) is 12.4 Å². The van der Waals surface area contributed by atoms with Crippen LogP contribution in [-0.4, -0.2) is 24.0 Å². The van der Waals surface area contributed by atoms with Crippen molar-refractivity contribution < 1.29 is 13.9 Å². The minimum absolute atomic E-state index is 0.00654. The Morgan fingerprint density at radius 1 is 1.03 bits per heavy atom. The molecule has 31 heavy (non-hydrogen) atoms. The van der Waals surface area contributed by atoms with Crippen LogP contribution >= 0.6 is 22.9 Å². The zero-order valence-corrected chi connectivity index (χ0v) is 18.9. The van der Waals surface area contributed by atoms with Crippen LogP contribution in [0.25, 0.3) is 0 Å². The second-order valence-corrected chi connectivity index (χ2v) is 8.69. The molecule has 0 spiro atoms. The van der Waals surface area contributed by atoms with Crippen LogP contribution < -0.4 is 5.32 Å². The molecule has 3 aromatic rings. The van der Waals surface area contributed by atoms with E-state index >= 15 is 0 Å². The number of carbonyl (C=O) groups excluding carboxylic acids is 1. The highest BCUT2D eigenvalue weighted by Gasteiger charge is 2.05. The SMILES string of the molecule is O=C(COCc1ccc(F)cc1)NCCCCCc1csc(Cc2ccc(Cl)cc2)n1. The average Bonchev–Trinajstić information content (AvgIpc) is 3.21. The maximum absolute atomic E-state index is 12.8. The highest BCUT2D eigenvalue weighted by molar-refractivity contribution is 7.09. The molecule has 0 saturated carbocycles. The van der Waals surface area contributed by atoms with Crippen LogP contribution in [0.15, 0.2) is 53.9 Å². The molecule has 0 atom stereocenters. The number of amides is 1. The Morgan fingerprint density at radius 2 is 1.77 bits per heavy atom. The largest absolute Gasteiger partial charge is 0.367 e. The van der Waals surface area contributed by atoms with E-state index in [-0.39, 0.29) is 18.3 Å². The fourth-order valence-electron chi connectivity index (χ4n) is 3.05. The summed E-state index contributed by atoms with van der Waals surface area (Å²) in [6, 6.07) is 13.9. The minimum Gasteiger partial charge on any atom is -0.367 e. The van der Waals surface area contributed by atoms with Crippen molar-refractivity contribution in [2.75, 3.05) is 13.2 Å². The summed E-state index contributed by atoms with van der Waals surface area (Å²) in [7, 11) is 0. The predicted octanol–water partition coefficient (Wildman–Crippen LogP) is 5.57. The molecule has 0 saturated heterocycles. The number of benzene rings is 2. The van der Waals surface area contributed by atoms with Crippen LogP contribution in [0.5, 0.6) is 0 Å². The molecule has 164 valence electrons. The molecule has 0 aliphatic rings. The second kappa shape index (κ2) is 12.5. The van der Waals surface area contributed by atoms with Crippen molar-refractivity contribution in [2.24, 2.45) is 0 Å². The van der Waals surface area contributed by atoms with E-state index in [2.05, 4.69) is 10.7 Å². The molecular weight excluding hydrogens is 435 g/mol. The van der Waals surface area contributed by atoms with Gasteiger partial charge in [0.25, 0.3) is 0 Å². The minimum atomic E-state index is -0.283. The number of rotatable bonds is 12. The fourth-order valence-corrected chi connectivity index (χ4v) is 4.04. The van der Waals surface area contributed by atoms with E-state index in [1.807, 2.05) is 24.3 Å². The molecule has 2 aromatic carbocycles. The Bertz CT molecular complexity index is 945. The number of hydrogen-bond acceptors (Lipinski definition) is 4. The molecule has 4 nitrogen and oxygen atoms in total. The highest BCUT2D eigenvalue weighted by Crippen LogP contribution is 2.18. The predicted molar refractivity (Wildman–Crippen MR) is 123 cm³/mol. The lowest BCUT2D eigenvalue weighted by Crippen LogP contribution is -2.28. The zero-order chi connectivity index (χ0) is 21.9. The van der Waals surface area contributed by atoms with Gasteiger partial charge in [0, 0.05) is 23.4 Å². The molecule has 1 heterocycles. The standard InChI is InChI=1S/C24H26ClFN2O2S/c25-20-9-5-18(6-10-20)14-24-28-22(17-31-24)4-2-1-3-13-27-23(29)16-30-15-19-7-11-21(26)12-8-19/h5-12,17H,1-4,13-16H2,(H,27,29). The van der Waals surface area contributed by atoms with E-state index in [1.165, 1.54) is 17.7 Å². The number of halogens is 2. The number of aromatic nitrogens is 1. The van der Waals surface area contributed by atoms with E-state index in [4.69, 9.17) is 21.3 Å². The van der Waals surface area contributed by atoms with Crippen molar-refractivity contribution >= 4 is 28.8 Å². The number of nitrogens with one attached hydrogen (secondary N) is 1. The van der Waals surface area contributed by atoms with Crippen molar-refractivity contribution in [3.8, 4) is 0 Å². The summed E-state index contributed by atoms with van der Waals surface area (Å²) in [6.07, 6.45) is 4.77. The van der Waals surface area contributed by atoms with Gasteiger partial charge in [-0.3, -0.25) is 4.79 Å². The van der Waals surface area contributed by atoms with E-state index < -0.39 is 0 Å². The van der Waals surface area contributed by atoms with Gasteiger partial charge in [-0.25, -0.2) is 9.37 Å². The van der Waals surface area contributed by atoms with E-state index in [0.29, 0.717) is 13.2 Å². The molecule has 0 aliphatic heterocycles. The molecule has 0 bridgehead atoms. The summed E-state index contributed by atoms with van der Waals surface area (Å²) in [5.74, 6) is -0.414. The molecule has 0 fully saturated rings. The van der Waals surface area contributed by atoms with E-state index in [9.17, 15) is 9.18 Å². The summed E-state index contributed by atoms with van der Waals surface area (Å²) in [4.78, 5) is 16.5. The quantitative estimate of drug-likeness (QED) is 0.359. The van der Waals surface area contributed by atoms with Crippen LogP contribution in [-0.2, 0) is 29.0 Å². The molecule has 7 heteroatoms. The lowest BCUT2D eigenvalue weighted by molar-refractivity contribution is -0.126. The van der Waals surface area contributed by atoms with Crippen LogP contribution in [0.3, 0.4) is 0 Å². The molecular formula is C24H26ClFN2O2S.